The normalized spacial score (nSPS) is 18.8. The van der Waals surface area contributed by atoms with E-state index in [9.17, 15) is 22.8 Å². The molecule has 0 aromatic heterocycles. The number of carbonyl (C=O) groups excluding carboxylic acids is 3. The van der Waals surface area contributed by atoms with E-state index in [-0.39, 0.29) is 17.0 Å². The Morgan fingerprint density at radius 2 is 1.79 bits per heavy atom. The second-order valence-corrected chi connectivity index (χ2v) is 8.90. The van der Waals surface area contributed by atoms with E-state index >= 15 is 0 Å². The Hall–Kier alpha value is -2.46. The maximum Gasteiger partial charge on any atom is 0.338 e. The molecular weight excluding hydrogens is 386 g/mol. The first-order valence-corrected chi connectivity index (χ1v) is 10.6. The molecule has 1 aromatic carbocycles. The second kappa shape index (κ2) is 8.27. The van der Waals surface area contributed by atoms with Crippen molar-refractivity contribution < 1.29 is 27.5 Å². The molecule has 0 radical (unpaired) electrons. The van der Waals surface area contributed by atoms with Crippen molar-refractivity contribution in [2.24, 2.45) is 5.92 Å². The molecule has 9 nitrogen and oxygen atoms in total. The van der Waals surface area contributed by atoms with E-state index in [1.807, 2.05) is 0 Å². The van der Waals surface area contributed by atoms with Crippen LogP contribution in [0.2, 0.25) is 0 Å². The van der Waals surface area contributed by atoms with Gasteiger partial charge in [0.05, 0.1) is 10.5 Å². The Morgan fingerprint density at radius 1 is 1.14 bits per heavy atom. The van der Waals surface area contributed by atoms with Gasteiger partial charge < -0.3 is 10.1 Å². The molecule has 1 N–H and O–H groups in total. The Bertz CT molecular complexity index is 860. The van der Waals surface area contributed by atoms with Crippen LogP contribution in [0.4, 0.5) is 4.79 Å². The number of ether oxygens (including phenoxy) is 1. The van der Waals surface area contributed by atoms with Gasteiger partial charge in [-0.05, 0) is 43.0 Å². The van der Waals surface area contributed by atoms with Crippen molar-refractivity contribution in [1.29, 1.82) is 0 Å². The van der Waals surface area contributed by atoms with Crippen LogP contribution in [0.15, 0.2) is 29.2 Å². The maximum absolute atomic E-state index is 12.7. The predicted molar refractivity (Wildman–Crippen MR) is 99.0 cm³/mol. The topological polar surface area (TPSA) is 113 Å². The predicted octanol–water partition coefficient (Wildman–Crippen LogP) is 0.816. The molecule has 152 valence electrons. The third kappa shape index (κ3) is 4.33. The second-order valence-electron chi connectivity index (χ2n) is 6.96. The molecule has 2 aliphatic heterocycles. The standard InChI is InChI=1S/C18H23N3O6S/c1-13-6-9-20(10-7-13)28(25,26)15-4-2-14(3-5-15)17(23)27-12-16(22)21-11-8-19-18(21)24/h2-5,13H,6-12H2,1H3,(H,19,24). The Balaban J connectivity index is 1.59. The minimum absolute atomic E-state index is 0.114. The van der Waals surface area contributed by atoms with Crippen LogP contribution in [-0.2, 0) is 19.6 Å². The van der Waals surface area contributed by atoms with Gasteiger partial charge in [-0.15, -0.1) is 0 Å². The minimum atomic E-state index is -3.59. The number of esters is 1. The van der Waals surface area contributed by atoms with Gasteiger partial charge in [-0.2, -0.15) is 4.31 Å². The molecule has 0 aliphatic carbocycles. The zero-order chi connectivity index (χ0) is 20.3. The number of benzene rings is 1. The maximum atomic E-state index is 12.7. The fourth-order valence-electron chi connectivity index (χ4n) is 3.14. The molecule has 0 unspecified atom stereocenters. The van der Waals surface area contributed by atoms with Gasteiger partial charge in [-0.25, -0.2) is 18.0 Å². The van der Waals surface area contributed by atoms with Crippen LogP contribution in [-0.4, -0.2) is 68.3 Å². The smallest absolute Gasteiger partial charge is 0.338 e. The molecule has 2 aliphatic rings. The SMILES string of the molecule is CC1CCN(S(=O)(=O)c2ccc(C(=O)OCC(=O)N3CCNC3=O)cc2)CC1. The van der Waals surface area contributed by atoms with Gasteiger partial charge in [0.2, 0.25) is 10.0 Å². The van der Waals surface area contributed by atoms with Crippen molar-refractivity contribution in [3.05, 3.63) is 29.8 Å². The minimum Gasteiger partial charge on any atom is -0.452 e. The van der Waals surface area contributed by atoms with Crippen molar-refractivity contribution in [3.63, 3.8) is 0 Å². The number of rotatable bonds is 5. The lowest BCUT2D eigenvalue weighted by Crippen LogP contribution is -2.37. The summed E-state index contributed by atoms with van der Waals surface area (Å²) in [7, 11) is -3.59. The summed E-state index contributed by atoms with van der Waals surface area (Å²) < 4.78 is 31.8. The number of hydrogen-bond donors (Lipinski definition) is 1. The third-order valence-electron chi connectivity index (χ3n) is 4.95. The fourth-order valence-corrected chi connectivity index (χ4v) is 4.61. The zero-order valence-corrected chi connectivity index (χ0v) is 16.4. The zero-order valence-electron chi connectivity index (χ0n) is 15.6. The van der Waals surface area contributed by atoms with Crippen LogP contribution in [0.3, 0.4) is 0 Å². The van der Waals surface area contributed by atoms with E-state index in [1.165, 1.54) is 28.6 Å². The Labute approximate surface area is 163 Å². The number of carbonyl (C=O) groups is 3. The highest BCUT2D eigenvalue weighted by Crippen LogP contribution is 2.23. The third-order valence-corrected chi connectivity index (χ3v) is 6.87. The molecule has 1 aromatic rings. The van der Waals surface area contributed by atoms with Crippen LogP contribution in [0.5, 0.6) is 0 Å². The highest BCUT2D eigenvalue weighted by atomic mass is 32.2. The van der Waals surface area contributed by atoms with E-state index in [4.69, 9.17) is 4.74 Å². The molecule has 0 spiro atoms. The number of urea groups is 1. The van der Waals surface area contributed by atoms with Crippen molar-refractivity contribution in [2.45, 2.75) is 24.7 Å². The van der Waals surface area contributed by atoms with Gasteiger partial charge in [0.25, 0.3) is 5.91 Å². The fraction of sp³-hybridized carbons (Fsp3) is 0.500. The van der Waals surface area contributed by atoms with E-state index in [0.717, 1.165) is 17.7 Å². The van der Waals surface area contributed by atoms with Gasteiger partial charge in [0.1, 0.15) is 0 Å². The van der Waals surface area contributed by atoms with E-state index in [1.54, 1.807) is 0 Å². The van der Waals surface area contributed by atoms with E-state index < -0.39 is 34.5 Å². The van der Waals surface area contributed by atoms with Crippen molar-refractivity contribution in [1.82, 2.24) is 14.5 Å². The summed E-state index contributed by atoms with van der Waals surface area (Å²) in [5, 5.41) is 2.48. The molecule has 2 saturated heterocycles. The van der Waals surface area contributed by atoms with Gasteiger partial charge in [-0.3, -0.25) is 9.69 Å². The lowest BCUT2D eigenvalue weighted by molar-refractivity contribution is -0.130. The molecule has 28 heavy (non-hydrogen) atoms. The molecular formula is C18H23N3O6S. The number of imide groups is 1. The van der Waals surface area contributed by atoms with Crippen LogP contribution in [0.1, 0.15) is 30.1 Å². The van der Waals surface area contributed by atoms with Gasteiger partial charge >= 0.3 is 12.0 Å². The summed E-state index contributed by atoms with van der Waals surface area (Å²) in [6.45, 7) is 3.11. The number of piperidine rings is 1. The summed E-state index contributed by atoms with van der Waals surface area (Å²) in [5.74, 6) is -0.858. The van der Waals surface area contributed by atoms with E-state index in [2.05, 4.69) is 12.2 Å². The quantitative estimate of drug-likeness (QED) is 0.721. The van der Waals surface area contributed by atoms with Crippen LogP contribution >= 0.6 is 0 Å². The first-order chi connectivity index (χ1) is 13.3. The number of amides is 3. The molecule has 2 fully saturated rings. The van der Waals surface area contributed by atoms with E-state index in [0.29, 0.717) is 25.6 Å². The average Bonchev–Trinajstić information content (AvgIpc) is 3.12. The van der Waals surface area contributed by atoms with Crippen LogP contribution in [0, 0.1) is 5.92 Å². The molecule has 10 heteroatoms. The number of nitrogens with zero attached hydrogens (tertiary/aromatic N) is 2. The summed E-state index contributed by atoms with van der Waals surface area (Å²) in [5.41, 5.74) is 0.130. The largest absolute Gasteiger partial charge is 0.452 e. The number of nitrogens with one attached hydrogen (secondary N) is 1. The number of hydrogen-bond acceptors (Lipinski definition) is 6. The highest BCUT2D eigenvalue weighted by molar-refractivity contribution is 7.89. The first kappa shape index (κ1) is 20.3. The summed E-state index contributed by atoms with van der Waals surface area (Å²) in [6.07, 6.45) is 1.65. The molecule has 3 amide bonds. The van der Waals surface area contributed by atoms with Gasteiger partial charge in [0.15, 0.2) is 6.61 Å². The Kier molecular flexibility index (Phi) is 5.99. The lowest BCUT2D eigenvalue weighted by Gasteiger charge is -2.29. The monoisotopic (exact) mass is 409 g/mol. The molecule has 0 bridgehead atoms. The van der Waals surface area contributed by atoms with Crippen molar-refractivity contribution in [3.8, 4) is 0 Å². The Morgan fingerprint density at radius 3 is 2.36 bits per heavy atom. The van der Waals surface area contributed by atoms with Gasteiger partial charge in [0, 0.05) is 26.2 Å². The van der Waals surface area contributed by atoms with Crippen molar-refractivity contribution in [2.75, 3.05) is 32.8 Å². The van der Waals surface area contributed by atoms with Gasteiger partial charge in [-0.1, -0.05) is 6.92 Å². The lowest BCUT2D eigenvalue weighted by atomic mass is 10.0. The summed E-state index contributed by atoms with van der Waals surface area (Å²) in [4.78, 5) is 36.5. The van der Waals surface area contributed by atoms with Crippen LogP contribution in [0.25, 0.3) is 0 Å². The van der Waals surface area contributed by atoms with Crippen molar-refractivity contribution >= 4 is 27.9 Å². The van der Waals surface area contributed by atoms with Crippen LogP contribution < -0.4 is 5.32 Å². The highest BCUT2D eigenvalue weighted by Gasteiger charge is 2.29. The summed E-state index contributed by atoms with van der Waals surface area (Å²) in [6, 6.07) is 4.92. The molecule has 0 atom stereocenters. The number of sulfonamides is 1. The first-order valence-electron chi connectivity index (χ1n) is 9.14. The average molecular weight is 409 g/mol. The summed E-state index contributed by atoms with van der Waals surface area (Å²) >= 11 is 0. The molecule has 2 heterocycles. The molecule has 3 rings (SSSR count). The molecule has 0 saturated carbocycles.